The summed E-state index contributed by atoms with van der Waals surface area (Å²) in [5.74, 6) is -0.598. The summed E-state index contributed by atoms with van der Waals surface area (Å²) in [7, 11) is 1.39. The zero-order valence-corrected chi connectivity index (χ0v) is 12.4. The predicted octanol–water partition coefficient (Wildman–Crippen LogP) is 1.93. The lowest BCUT2D eigenvalue weighted by atomic mass is 10.1. The number of carbonyl (C=O) groups is 1. The largest absolute Gasteiger partial charge is 0.493 e. The number of hydrogen-bond acceptors (Lipinski definition) is 5. The first-order valence-electron chi connectivity index (χ1n) is 6.61. The number of rotatable bonds is 4. The van der Waals surface area contributed by atoms with Crippen LogP contribution in [0, 0.1) is 0 Å². The summed E-state index contributed by atoms with van der Waals surface area (Å²) in [6.07, 6.45) is -5.83. The molecule has 1 aliphatic heterocycles. The summed E-state index contributed by atoms with van der Waals surface area (Å²) in [5, 5.41) is 13.3. The highest BCUT2D eigenvalue weighted by Gasteiger charge is 2.62. The fourth-order valence-corrected chi connectivity index (χ4v) is 2.14. The fraction of sp³-hybridized carbons (Fsp3) is 0.429. The van der Waals surface area contributed by atoms with Gasteiger partial charge in [-0.2, -0.15) is 23.3 Å². The second-order valence-electron chi connectivity index (χ2n) is 4.97. The van der Waals surface area contributed by atoms with E-state index in [0.29, 0.717) is 5.75 Å². The molecule has 2 rings (SSSR count). The number of para-hydroxylation sites is 2. The molecular formula is C14H15F3N2O4. The first kappa shape index (κ1) is 17.1. The molecule has 1 aliphatic rings. The Morgan fingerprint density at radius 2 is 2.00 bits per heavy atom. The van der Waals surface area contributed by atoms with Crippen LogP contribution in [-0.2, 0) is 4.79 Å². The Morgan fingerprint density at radius 1 is 1.39 bits per heavy atom. The molecule has 9 heteroatoms. The van der Waals surface area contributed by atoms with Crippen LogP contribution in [0.5, 0.6) is 11.5 Å². The molecule has 1 aromatic carbocycles. The lowest BCUT2D eigenvalue weighted by molar-refractivity contribution is -0.302. The van der Waals surface area contributed by atoms with E-state index in [1.165, 1.54) is 20.1 Å². The second kappa shape index (κ2) is 6.07. The van der Waals surface area contributed by atoms with Crippen LogP contribution in [-0.4, -0.2) is 47.4 Å². The van der Waals surface area contributed by atoms with Crippen molar-refractivity contribution in [3.8, 4) is 11.5 Å². The number of hydrazone groups is 1. The molecule has 0 saturated heterocycles. The molecule has 0 aromatic heterocycles. The minimum absolute atomic E-state index is 0.00420. The first-order valence-corrected chi connectivity index (χ1v) is 6.61. The molecule has 1 amide bonds. The van der Waals surface area contributed by atoms with Crippen molar-refractivity contribution in [3.05, 3.63) is 24.3 Å². The highest BCUT2D eigenvalue weighted by molar-refractivity contribution is 5.89. The number of carbonyl (C=O) groups excluding carboxylic acids is 1. The third-order valence-electron chi connectivity index (χ3n) is 3.23. The highest BCUT2D eigenvalue weighted by Crippen LogP contribution is 2.40. The number of nitrogens with zero attached hydrogens (tertiary/aromatic N) is 2. The van der Waals surface area contributed by atoms with Gasteiger partial charge in [-0.1, -0.05) is 12.1 Å². The molecule has 1 unspecified atom stereocenters. The third kappa shape index (κ3) is 3.24. The van der Waals surface area contributed by atoms with Crippen molar-refractivity contribution in [1.82, 2.24) is 5.01 Å². The fourth-order valence-electron chi connectivity index (χ4n) is 2.14. The maximum Gasteiger partial charge on any atom is 0.438 e. The zero-order valence-electron chi connectivity index (χ0n) is 12.4. The van der Waals surface area contributed by atoms with E-state index in [4.69, 9.17) is 9.47 Å². The van der Waals surface area contributed by atoms with E-state index in [1.54, 1.807) is 18.2 Å². The van der Waals surface area contributed by atoms with Crippen LogP contribution in [0.1, 0.15) is 13.3 Å². The highest BCUT2D eigenvalue weighted by atomic mass is 19.4. The van der Waals surface area contributed by atoms with Gasteiger partial charge in [0.2, 0.25) is 0 Å². The third-order valence-corrected chi connectivity index (χ3v) is 3.23. The average molecular weight is 332 g/mol. The van der Waals surface area contributed by atoms with E-state index in [1.807, 2.05) is 0 Å². The van der Waals surface area contributed by atoms with Crippen LogP contribution < -0.4 is 9.47 Å². The number of amides is 1. The Morgan fingerprint density at radius 3 is 2.57 bits per heavy atom. The number of benzene rings is 1. The van der Waals surface area contributed by atoms with Crippen molar-refractivity contribution in [3.63, 3.8) is 0 Å². The molecule has 0 bridgehead atoms. The van der Waals surface area contributed by atoms with E-state index in [-0.39, 0.29) is 16.5 Å². The van der Waals surface area contributed by atoms with E-state index >= 15 is 0 Å². The Bertz CT molecular complexity index is 633. The van der Waals surface area contributed by atoms with Crippen molar-refractivity contribution >= 4 is 11.6 Å². The zero-order chi connectivity index (χ0) is 17.3. The Hall–Kier alpha value is -2.29. The van der Waals surface area contributed by atoms with Crippen LogP contribution in [0.15, 0.2) is 29.4 Å². The van der Waals surface area contributed by atoms with Crippen LogP contribution in [0.3, 0.4) is 0 Å². The number of aliphatic hydroxyl groups is 1. The molecule has 1 heterocycles. The summed E-state index contributed by atoms with van der Waals surface area (Å²) in [6, 6.07) is 6.36. The molecular weight excluding hydrogens is 317 g/mol. The second-order valence-corrected chi connectivity index (χ2v) is 4.97. The summed E-state index contributed by atoms with van der Waals surface area (Å²) in [5.41, 5.74) is -3.35. The number of ether oxygens (including phenoxy) is 2. The predicted molar refractivity (Wildman–Crippen MR) is 74.1 cm³/mol. The van der Waals surface area contributed by atoms with Crippen LogP contribution in [0.4, 0.5) is 13.2 Å². The van der Waals surface area contributed by atoms with Gasteiger partial charge in [-0.05, 0) is 19.1 Å². The van der Waals surface area contributed by atoms with E-state index in [0.717, 1.165) is 0 Å². The van der Waals surface area contributed by atoms with Crippen LogP contribution in [0.25, 0.3) is 0 Å². The SMILES string of the molecule is COc1ccccc1OCC(=O)N1N=C(C)CC1(O)C(F)(F)F. The van der Waals surface area contributed by atoms with Crippen molar-refractivity contribution < 1.29 is 32.5 Å². The first-order chi connectivity index (χ1) is 10.7. The molecule has 0 spiro atoms. The molecule has 6 nitrogen and oxygen atoms in total. The molecule has 0 saturated carbocycles. The van der Waals surface area contributed by atoms with Gasteiger partial charge in [0.15, 0.2) is 18.1 Å². The Kier molecular flexibility index (Phi) is 4.51. The molecule has 23 heavy (non-hydrogen) atoms. The van der Waals surface area contributed by atoms with E-state index in [2.05, 4.69) is 5.10 Å². The monoisotopic (exact) mass is 332 g/mol. The lowest BCUT2D eigenvalue weighted by Crippen LogP contribution is -2.57. The van der Waals surface area contributed by atoms with Gasteiger partial charge in [-0.25, -0.2) is 0 Å². The van der Waals surface area contributed by atoms with Crippen LogP contribution >= 0.6 is 0 Å². The molecule has 1 atom stereocenters. The molecule has 0 aliphatic carbocycles. The minimum Gasteiger partial charge on any atom is -0.493 e. The van der Waals surface area contributed by atoms with E-state index in [9.17, 15) is 23.1 Å². The molecule has 0 fully saturated rings. The van der Waals surface area contributed by atoms with Gasteiger partial charge in [-0.15, -0.1) is 0 Å². The smallest absolute Gasteiger partial charge is 0.438 e. The van der Waals surface area contributed by atoms with Crippen molar-refractivity contribution in [1.29, 1.82) is 0 Å². The lowest BCUT2D eigenvalue weighted by Gasteiger charge is -2.32. The number of halogens is 3. The number of hydrogen-bond donors (Lipinski definition) is 1. The van der Waals surface area contributed by atoms with Gasteiger partial charge in [0.1, 0.15) is 0 Å². The number of methoxy groups -OCH3 is 1. The van der Waals surface area contributed by atoms with Gasteiger partial charge in [-0.3, -0.25) is 4.79 Å². The quantitative estimate of drug-likeness (QED) is 0.915. The molecule has 1 aromatic rings. The topological polar surface area (TPSA) is 71.4 Å². The van der Waals surface area contributed by atoms with E-state index < -0.39 is 30.8 Å². The molecule has 1 N–H and O–H groups in total. The minimum atomic E-state index is -5.03. The van der Waals surface area contributed by atoms with Crippen molar-refractivity contribution in [2.24, 2.45) is 5.10 Å². The van der Waals surface area contributed by atoms with Crippen molar-refractivity contribution in [2.45, 2.75) is 25.2 Å². The Labute approximate surface area is 130 Å². The summed E-state index contributed by atoms with van der Waals surface area (Å²) in [4.78, 5) is 12.0. The molecule has 126 valence electrons. The maximum absolute atomic E-state index is 13.0. The average Bonchev–Trinajstić information content (AvgIpc) is 2.81. The van der Waals surface area contributed by atoms with Crippen LogP contribution in [0.2, 0.25) is 0 Å². The standard InChI is InChI=1S/C14H15F3N2O4/c1-9-7-13(21,14(15,16)17)19(18-9)12(20)8-23-11-6-4-3-5-10(11)22-2/h3-6,21H,7-8H2,1-2H3. The maximum atomic E-state index is 13.0. The van der Waals surface area contributed by atoms with Crippen molar-refractivity contribution in [2.75, 3.05) is 13.7 Å². The summed E-state index contributed by atoms with van der Waals surface area (Å²) in [6.45, 7) is 0.570. The summed E-state index contributed by atoms with van der Waals surface area (Å²) >= 11 is 0. The van der Waals surface area contributed by atoms with Gasteiger partial charge >= 0.3 is 6.18 Å². The molecule has 0 radical (unpaired) electrons. The number of alkyl halides is 3. The summed E-state index contributed by atoms with van der Waals surface area (Å²) < 4.78 is 49.3. The normalized spacial score (nSPS) is 21.1. The van der Waals surface area contributed by atoms with Gasteiger partial charge in [0, 0.05) is 12.1 Å². The van der Waals surface area contributed by atoms with Gasteiger partial charge in [0.05, 0.1) is 7.11 Å². The Balaban J connectivity index is 2.13. The van der Waals surface area contributed by atoms with Gasteiger partial charge in [0.25, 0.3) is 11.6 Å². The van der Waals surface area contributed by atoms with Gasteiger partial charge < -0.3 is 14.6 Å².